The maximum Gasteiger partial charge on any atom is 0.243 e. The number of fused-ring (bicyclic) bond motifs is 2. The summed E-state index contributed by atoms with van der Waals surface area (Å²) in [4.78, 5) is 38.4. The van der Waals surface area contributed by atoms with Gasteiger partial charge >= 0.3 is 0 Å². The maximum absolute atomic E-state index is 12.1. The summed E-state index contributed by atoms with van der Waals surface area (Å²) in [5, 5.41) is 16.3. The number of pyridine rings is 2. The SMILES string of the molecule is N[C@H]1CSCCNC1=O.Nc1cc(N2CCN(C(=S)N[C@H]3CSCCNC3=O)CC2)c2ccc(Cl)cc2n1.Nc1cc(N2CCNCC2)c2ccc(Cl)cc2n1. The maximum atomic E-state index is 12.1. The number of benzene rings is 2. The molecule has 2 aromatic carbocycles. The molecule has 4 fully saturated rings. The third-order valence-electron chi connectivity index (χ3n) is 9.53. The molecular weight excluding hydrogens is 812 g/mol. The number of thioether (sulfide) groups is 2. The van der Waals surface area contributed by atoms with Crippen LogP contribution in [0.25, 0.3) is 21.8 Å². The van der Waals surface area contributed by atoms with Crippen LogP contribution >= 0.6 is 58.9 Å². The summed E-state index contributed by atoms with van der Waals surface area (Å²) in [6, 6.07) is 14.8. The van der Waals surface area contributed by atoms with Gasteiger partial charge in [0, 0.05) is 133 Å². The van der Waals surface area contributed by atoms with Crippen LogP contribution < -0.4 is 48.3 Å². The van der Waals surface area contributed by atoms with Gasteiger partial charge in [0.05, 0.1) is 17.1 Å². The number of thiocarbonyl (C=S) groups is 1. The Kier molecular flexibility index (Phi) is 15.1. The van der Waals surface area contributed by atoms with Crippen molar-refractivity contribution in [3.8, 4) is 0 Å². The lowest BCUT2D eigenvalue weighted by atomic mass is 10.1. The molecule has 0 unspecified atom stereocenters. The van der Waals surface area contributed by atoms with E-state index in [0.717, 1.165) is 115 Å². The third-order valence-corrected chi connectivity index (χ3v) is 12.5. The number of nitrogens with zero attached hydrogens (tertiary/aromatic N) is 5. The van der Waals surface area contributed by atoms with Crippen molar-refractivity contribution in [3.63, 3.8) is 0 Å². The van der Waals surface area contributed by atoms with Crippen LogP contribution in [-0.2, 0) is 9.59 Å². The molecule has 10 N–H and O–H groups in total. The van der Waals surface area contributed by atoms with E-state index in [-0.39, 0.29) is 23.9 Å². The number of aromatic nitrogens is 2. The van der Waals surface area contributed by atoms with Gasteiger partial charge in [-0.2, -0.15) is 23.5 Å². The highest BCUT2D eigenvalue weighted by Crippen LogP contribution is 2.31. The number of halogens is 2. The van der Waals surface area contributed by atoms with Crippen LogP contribution in [0.1, 0.15) is 0 Å². The van der Waals surface area contributed by atoms with Crippen LogP contribution in [0.4, 0.5) is 23.0 Å². The zero-order valence-corrected chi connectivity index (χ0v) is 34.9. The van der Waals surface area contributed by atoms with Crippen molar-refractivity contribution >= 4 is 121 Å². The Hall–Kier alpha value is -3.71. The number of nitrogens with one attached hydrogen (secondary N) is 4. The number of nitrogen functional groups attached to an aromatic ring is 2. The van der Waals surface area contributed by atoms with Crippen molar-refractivity contribution in [1.82, 2.24) is 36.1 Å². The monoisotopic (exact) mass is 858 g/mol. The zero-order chi connectivity index (χ0) is 39.6. The van der Waals surface area contributed by atoms with Crippen molar-refractivity contribution in [3.05, 3.63) is 58.6 Å². The van der Waals surface area contributed by atoms with Crippen molar-refractivity contribution in [2.75, 3.05) is 110 Å². The number of hydrogen-bond donors (Lipinski definition) is 7. The fraction of sp³-hybridized carbons (Fsp3) is 0.432. The normalized spacial score (nSPS) is 20.4. The predicted octanol–water partition coefficient (Wildman–Crippen LogP) is 2.76. The number of carbonyl (C=O) groups excluding carboxylic acids is 2. The molecule has 0 spiro atoms. The van der Waals surface area contributed by atoms with Crippen LogP contribution in [0.3, 0.4) is 0 Å². The first-order chi connectivity index (χ1) is 27.0. The highest BCUT2D eigenvalue weighted by atomic mass is 35.5. The summed E-state index contributed by atoms with van der Waals surface area (Å²) in [6.45, 7) is 8.58. The standard InChI is InChI=1S/C19H23ClN6OS2.C13H15ClN4.C5H10N2OS/c20-12-1-2-13-14(9-12)23-17(21)10-16(13)25-4-6-26(7-5-25)19(28)24-15-11-29-8-3-22-18(15)27;14-9-1-2-10-11(7-9)17-13(15)8-12(10)18-5-3-16-4-6-18;6-4-3-9-2-1-7-5(4)8/h1-2,9-10,15H,3-8,11H2,(H2,21,23)(H,22,27)(H,24,28);1-2,7-8,16H,3-6H2,(H2,15,17);4H,1-3,6H2,(H,7,8)/t15-;;4-/m0.0/s1. The topological polar surface area (TPSA) is 196 Å². The van der Waals surface area contributed by atoms with E-state index in [0.29, 0.717) is 33.3 Å². The van der Waals surface area contributed by atoms with Crippen LogP contribution in [0.2, 0.25) is 10.0 Å². The molecule has 0 saturated carbocycles. The van der Waals surface area contributed by atoms with Gasteiger partial charge in [0.1, 0.15) is 17.7 Å². The second-order valence-electron chi connectivity index (χ2n) is 13.5. The number of piperazine rings is 2. The second-order valence-corrected chi connectivity index (χ2v) is 17.1. The predicted molar refractivity (Wildman–Crippen MR) is 239 cm³/mol. The van der Waals surface area contributed by atoms with E-state index in [1.165, 1.54) is 0 Å². The number of hydrogen-bond acceptors (Lipinski definition) is 13. The highest BCUT2D eigenvalue weighted by molar-refractivity contribution is 7.99. The first-order valence-corrected chi connectivity index (χ1v) is 22.0. The van der Waals surface area contributed by atoms with Gasteiger partial charge in [-0.25, -0.2) is 9.97 Å². The van der Waals surface area contributed by atoms with E-state index in [2.05, 4.69) is 45.9 Å². The summed E-state index contributed by atoms with van der Waals surface area (Å²) < 4.78 is 0. The molecule has 2 aromatic heterocycles. The molecule has 0 bridgehead atoms. The minimum atomic E-state index is -0.294. The van der Waals surface area contributed by atoms with E-state index >= 15 is 0 Å². The van der Waals surface area contributed by atoms with Crippen molar-refractivity contribution < 1.29 is 9.59 Å². The fourth-order valence-electron chi connectivity index (χ4n) is 6.64. The summed E-state index contributed by atoms with van der Waals surface area (Å²) in [6.07, 6.45) is 0. The van der Waals surface area contributed by atoms with Gasteiger partial charge in [0.2, 0.25) is 11.8 Å². The lowest BCUT2D eigenvalue weighted by Gasteiger charge is -2.38. The molecule has 4 aliphatic heterocycles. The molecular formula is C37H48Cl2N12O2S3. The Labute approximate surface area is 350 Å². The number of rotatable bonds is 3. The highest BCUT2D eigenvalue weighted by Gasteiger charge is 2.26. The van der Waals surface area contributed by atoms with Gasteiger partial charge in [-0.1, -0.05) is 23.2 Å². The molecule has 8 rings (SSSR count). The molecule has 300 valence electrons. The molecule has 56 heavy (non-hydrogen) atoms. The summed E-state index contributed by atoms with van der Waals surface area (Å²) in [5.41, 5.74) is 21.2. The zero-order valence-electron chi connectivity index (χ0n) is 30.9. The molecule has 0 aliphatic carbocycles. The molecule has 4 aromatic rings. The average Bonchev–Trinajstić information content (AvgIpc) is 3.52. The van der Waals surface area contributed by atoms with Gasteiger partial charge < -0.3 is 53.2 Å². The molecule has 2 atom stereocenters. The quantitative estimate of drug-likeness (QED) is 0.149. The molecule has 4 aliphatic rings. The summed E-state index contributed by atoms with van der Waals surface area (Å²) in [5.74, 6) is 4.43. The Morgan fingerprint density at radius 2 is 1.25 bits per heavy atom. The first kappa shape index (κ1) is 41.9. The Balaban J connectivity index is 0.000000166. The number of amides is 2. The van der Waals surface area contributed by atoms with E-state index in [9.17, 15) is 9.59 Å². The fourth-order valence-corrected chi connectivity index (χ4v) is 9.00. The Bertz CT molecular complexity index is 2010. The molecule has 19 heteroatoms. The molecule has 4 saturated heterocycles. The van der Waals surface area contributed by atoms with Crippen molar-refractivity contribution in [2.24, 2.45) is 5.73 Å². The van der Waals surface area contributed by atoms with Crippen LogP contribution in [-0.4, -0.2) is 132 Å². The Morgan fingerprint density at radius 1 is 0.732 bits per heavy atom. The van der Waals surface area contributed by atoms with Crippen molar-refractivity contribution in [2.45, 2.75) is 12.1 Å². The molecule has 14 nitrogen and oxygen atoms in total. The number of anilines is 4. The van der Waals surface area contributed by atoms with E-state index < -0.39 is 0 Å². The third kappa shape index (κ3) is 11.2. The Morgan fingerprint density at radius 3 is 1.82 bits per heavy atom. The van der Waals surface area contributed by atoms with Gasteiger partial charge in [-0.15, -0.1) is 0 Å². The lowest BCUT2D eigenvalue weighted by molar-refractivity contribution is -0.122. The minimum Gasteiger partial charge on any atom is -0.384 e. The number of nitrogens with two attached hydrogens (primary N) is 3. The van der Waals surface area contributed by atoms with Crippen molar-refractivity contribution in [1.29, 1.82) is 0 Å². The van der Waals surface area contributed by atoms with Gasteiger partial charge in [-0.05, 0) is 48.6 Å². The van der Waals surface area contributed by atoms with Gasteiger partial charge in [0.15, 0.2) is 5.11 Å². The minimum absolute atomic E-state index is 0.0139. The summed E-state index contributed by atoms with van der Waals surface area (Å²) >= 11 is 21.2. The largest absolute Gasteiger partial charge is 0.384 e. The lowest BCUT2D eigenvalue weighted by Crippen LogP contribution is -2.56. The second kappa shape index (κ2) is 20.1. The van der Waals surface area contributed by atoms with Crippen LogP contribution in [0.15, 0.2) is 48.5 Å². The summed E-state index contributed by atoms with van der Waals surface area (Å²) in [7, 11) is 0. The van der Waals surface area contributed by atoms with E-state index in [1.54, 1.807) is 23.5 Å². The van der Waals surface area contributed by atoms with E-state index in [1.807, 2.05) is 48.5 Å². The van der Waals surface area contributed by atoms with Gasteiger partial charge in [-0.3, -0.25) is 9.59 Å². The molecule has 2 amide bonds. The average molecular weight is 860 g/mol. The van der Waals surface area contributed by atoms with Crippen LogP contribution in [0, 0.1) is 0 Å². The first-order valence-electron chi connectivity index (χ1n) is 18.5. The molecule has 0 radical (unpaired) electrons. The smallest absolute Gasteiger partial charge is 0.243 e. The van der Waals surface area contributed by atoms with Gasteiger partial charge in [0.25, 0.3) is 0 Å². The van der Waals surface area contributed by atoms with E-state index in [4.69, 9.17) is 52.6 Å². The van der Waals surface area contributed by atoms with Crippen LogP contribution in [0.5, 0.6) is 0 Å². The number of carbonyl (C=O) groups is 2. The molecule has 6 heterocycles.